The van der Waals surface area contributed by atoms with Gasteiger partial charge in [-0.3, -0.25) is 0 Å². The Kier molecular flexibility index (Phi) is 3.05. The number of nitrogens with zero attached hydrogens (tertiary/aromatic N) is 1. The fourth-order valence-electron chi connectivity index (χ4n) is 2.33. The molecule has 0 aromatic heterocycles. The van der Waals surface area contributed by atoms with Crippen LogP contribution in [-0.4, -0.2) is 39.4 Å². The van der Waals surface area contributed by atoms with E-state index in [4.69, 9.17) is 9.47 Å². The topological polar surface area (TPSA) is 33.7 Å². The van der Waals surface area contributed by atoms with E-state index in [2.05, 4.69) is 22.3 Å². The first kappa shape index (κ1) is 10.7. The van der Waals surface area contributed by atoms with Crippen molar-refractivity contribution in [1.82, 2.24) is 5.32 Å². The van der Waals surface area contributed by atoms with Crippen LogP contribution in [0.1, 0.15) is 6.42 Å². The van der Waals surface area contributed by atoms with Crippen LogP contribution in [0.5, 0.6) is 11.5 Å². The summed E-state index contributed by atoms with van der Waals surface area (Å²) in [5.41, 5.74) is 1.23. The maximum absolute atomic E-state index is 5.62. The van der Waals surface area contributed by atoms with Gasteiger partial charge in [-0.15, -0.1) is 0 Å². The molecule has 1 aromatic carbocycles. The van der Waals surface area contributed by atoms with Gasteiger partial charge in [0.15, 0.2) is 11.5 Å². The summed E-state index contributed by atoms with van der Waals surface area (Å²) in [6.07, 6.45) is 1.19. The van der Waals surface area contributed by atoms with E-state index in [9.17, 15) is 0 Å². The zero-order chi connectivity index (χ0) is 11.5. The van der Waals surface area contributed by atoms with Crippen LogP contribution in [-0.2, 0) is 0 Å². The third-order valence-corrected chi connectivity index (χ3v) is 3.23. The molecule has 0 radical (unpaired) electrons. The van der Waals surface area contributed by atoms with Gasteiger partial charge in [0.05, 0.1) is 0 Å². The molecule has 92 valence electrons. The molecule has 4 nitrogen and oxygen atoms in total. The molecule has 0 atom stereocenters. The number of nitrogens with one attached hydrogen (secondary N) is 1. The quantitative estimate of drug-likeness (QED) is 0.793. The normalized spacial score (nSPS) is 19.9. The first-order valence-corrected chi connectivity index (χ1v) is 6.29. The predicted molar refractivity (Wildman–Crippen MR) is 67.1 cm³/mol. The molecule has 17 heavy (non-hydrogen) atoms. The molecule has 4 heteroatoms. The summed E-state index contributed by atoms with van der Waals surface area (Å²) < 4.78 is 11.2. The monoisotopic (exact) mass is 234 g/mol. The van der Waals surface area contributed by atoms with E-state index in [-0.39, 0.29) is 0 Å². The lowest BCUT2D eigenvalue weighted by atomic mass is 10.2. The average molecular weight is 234 g/mol. The highest BCUT2D eigenvalue weighted by atomic mass is 16.6. The Morgan fingerprint density at radius 1 is 1.00 bits per heavy atom. The number of hydrogen-bond donors (Lipinski definition) is 1. The van der Waals surface area contributed by atoms with Gasteiger partial charge in [0, 0.05) is 31.4 Å². The van der Waals surface area contributed by atoms with Crippen molar-refractivity contribution in [1.29, 1.82) is 0 Å². The third-order valence-electron chi connectivity index (χ3n) is 3.23. The van der Waals surface area contributed by atoms with Gasteiger partial charge in [-0.1, -0.05) is 0 Å². The number of fused-ring (bicyclic) bond motifs is 1. The molecular weight excluding hydrogens is 216 g/mol. The average Bonchev–Trinajstić information content (AvgIpc) is 2.67. The lowest BCUT2D eigenvalue weighted by Crippen LogP contribution is -2.28. The molecule has 0 aliphatic carbocycles. The summed E-state index contributed by atoms with van der Waals surface area (Å²) in [4.78, 5) is 2.40. The molecule has 2 aliphatic rings. The number of benzene rings is 1. The molecule has 2 heterocycles. The zero-order valence-electron chi connectivity index (χ0n) is 9.95. The van der Waals surface area contributed by atoms with Crippen LogP contribution in [0.15, 0.2) is 18.2 Å². The van der Waals surface area contributed by atoms with Crippen molar-refractivity contribution in [2.75, 3.05) is 44.3 Å². The van der Waals surface area contributed by atoms with Gasteiger partial charge < -0.3 is 19.7 Å². The van der Waals surface area contributed by atoms with E-state index in [1.54, 1.807) is 0 Å². The Hall–Kier alpha value is -1.42. The van der Waals surface area contributed by atoms with Gasteiger partial charge in [0.1, 0.15) is 13.2 Å². The second kappa shape index (κ2) is 4.84. The van der Waals surface area contributed by atoms with E-state index in [0.717, 1.165) is 37.7 Å². The van der Waals surface area contributed by atoms with Crippen molar-refractivity contribution in [2.45, 2.75) is 6.42 Å². The van der Waals surface area contributed by atoms with Crippen molar-refractivity contribution >= 4 is 5.69 Å². The first-order chi connectivity index (χ1) is 8.43. The highest BCUT2D eigenvalue weighted by Gasteiger charge is 2.15. The van der Waals surface area contributed by atoms with Gasteiger partial charge in [0.25, 0.3) is 0 Å². The standard InChI is InChI=1S/C13H18N2O2/c1-4-14-5-7-15(6-1)11-2-3-12-13(10-11)17-9-8-16-12/h2-3,10,14H,1,4-9H2. The summed E-state index contributed by atoms with van der Waals surface area (Å²) in [5.74, 6) is 1.75. The van der Waals surface area contributed by atoms with E-state index in [1.165, 1.54) is 12.1 Å². The maximum atomic E-state index is 5.62. The minimum absolute atomic E-state index is 0.651. The van der Waals surface area contributed by atoms with Crippen LogP contribution in [0.4, 0.5) is 5.69 Å². The lowest BCUT2D eigenvalue weighted by Gasteiger charge is -2.25. The lowest BCUT2D eigenvalue weighted by molar-refractivity contribution is 0.171. The molecule has 0 bridgehead atoms. The second-order valence-corrected chi connectivity index (χ2v) is 4.42. The minimum atomic E-state index is 0.651. The van der Waals surface area contributed by atoms with Crippen LogP contribution in [0.25, 0.3) is 0 Å². The van der Waals surface area contributed by atoms with E-state index in [0.29, 0.717) is 13.2 Å². The molecule has 3 rings (SSSR count). The van der Waals surface area contributed by atoms with Crippen molar-refractivity contribution < 1.29 is 9.47 Å². The van der Waals surface area contributed by atoms with Crippen LogP contribution >= 0.6 is 0 Å². The van der Waals surface area contributed by atoms with E-state index >= 15 is 0 Å². The molecule has 2 aliphatic heterocycles. The molecule has 0 spiro atoms. The van der Waals surface area contributed by atoms with Gasteiger partial charge >= 0.3 is 0 Å². The van der Waals surface area contributed by atoms with Crippen LogP contribution in [0, 0.1) is 0 Å². The van der Waals surface area contributed by atoms with E-state index in [1.807, 2.05) is 6.07 Å². The highest BCUT2D eigenvalue weighted by molar-refractivity contribution is 5.56. The Morgan fingerprint density at radius 2 is 1.88 bits per heavy atom. The third kappa shape index (κ3) is 2.31. The summed E-state index contributed by atoms with van der Waals surface area (Å²) >= 11 is 0. The molecular formula is C13H18N2O2. The fourth-order valence-corrected chi connectivity index (χ4v) is 2.33. The molecule has 0 unspecified atom stereocenters. The molecule has 0 amide bonds. The predicted octanol–water partition coefficient (Wildman–Crippen LogP) is 1.26. The number of hydrogen-bond acceptors (Lipinski definition) is 4. The van der Waals surface area contributed by atoms with Crippen molar-refractivity contribution in [3.8, 4) is 11.5 Å². The van der Waals surface area contributed by atoms with Crippen LogP contribution in [0.2, 0.25) is 0 Å². The van der Waals surface area contributed by atoms with Crippen LogP contribution < -0.4 is 19.7 Å². The largest absolute Gasteiger partial charge is 0.486 e. The number of anilines is 1. The summed E-state index contributed by atoms with van der Waals surface area (Å²) in [6, 6.07) is 6.24. The van der Waals surface area contributed by atoms with Crippen molar-refractivity contribution in [2.24, 2.45) is 0 Å². The molecule has 1 fully saturated rings. The number of rotatable bonds is 1. The Morgan fingerprint density at radius 3 is 2.82 bits per heavy atom. The highest BCUT2D eigenvalue weighted by Crippen LogP contribution is 2.34. The van der Waals surface area contributed by atoms with Gasteiger partial charge in [0.2, 0.25) is 0 Å². The van der Waals surface area contributed by atoms with Gasteiger partial charge in [-0.05, 0) is 25.1 Å². The molecule has 1 N–H and O–H groups in total. The van der Waals surface area contributed by atoms with Gasteiger partial charge in [-0.2, -0.15) is 0 Å². The van der Waals surface area contributed by atoms with E-state index < -0.39 is 0 Å². The van der Waals surface area contributed by atoms with Crippen LogP contribution in [0.3, 0.4) is 0 Å². The zero-order valence-corrected chi connectivity index (χ0v) is 9.95. The minimum Gasteiger partial charge on any atom is -0.486 e. The maximum Gasteiger partial charge on any atom is 0.163 e. The molecule has 1 saturated heterocycles. The fraction of sp³-hybridized carbons (Fsp3) is 0.538. The van der Waals surface area contributed by atoms with Crippen molar-refractivity contribution in [3.63, 3.8) is 0 Å². The first-order valence-electron chi connectivity index (χ1n) is 6.29. The SMILES string of the molecule is c1cc2c(cc1N1CCCNCC1)OCCO2. The molecule has 0 saturated carbocycles. The Balaban J connectivity index is 1.82. The molecule has 1 aromatic rings. The second-order valence-electron chi connectivity index (χ2n) is 4.42. The Labute approximate surface area is 102 Å². The van der Waals surface area contributed by atoms with Crippen molar-refractivity contribution in [3.05, 3.63) is 18.2 Å². The smallest absolute Gasteiger partial charge is 0.163 e. The number of ether oxygens (including phenoxy) is 2. The summed E-state index contributed by atoms with van der Waals surface area (Å²) in [7, 11) is 0. The summed E-state index contributed by atoms with van der Waals surface area (Å²) in [5, 5.41) is 3.41. The summed E-state index contributed by atoms with van der Waals surface area (Å²) in [6.45, 7) is 5.62. The van der Waals surface area contributed by atoms with Gasteiger partial charge in [-0.25, -0.2) is 0 Å². The Bertz CT molecular complexity index is 387.